The van der Waals surface area contributed by atoms with Crippen LogP contribution in [-0.4, -0.2) is 25.7 Å². The Morgan fingerprint density at radius 2 is 2.12 bits per heavy atom. The van der Waals surface area contributed by atoms with Crippen LogP contribution in [0.5, 0.6) is 0 Å². The van der Waals surface area contributed by atoms with E-state index in [1.54, 1.807) is 0 Å². The fourth-order valence-electron chi connectivity index (χ4n) is 1.22. The molecule has 2 aromatic rings. The Balaban J connectivity index is 2.79. The summed E-state index contributed by atoms with van der Waals surface area (Å²) in [4.78, 5) is 14.1. The Hall–Kier alpha value is -2.12. The zero-order valence-electron chi connectivity index (χ0n) is 7.56. The first-order valence-electron chi connectivity index (χ1n) is 4.05. The Morgan fingerprint density at radius 1 is 1.44 bits per heavy atom. The minimum atomic E-state index is -4.68. The second-order valence-corrected chi connectivity index (χ2v) is 2.93. The molecule has 0 aliphatic rings. The van der Waals surface area contributed by atoms with Gasteiger partial charge in [0.05, 0.1) is 6.20 Å². The highest BCUT2D eigenvalue weighted by atomic mass is 19.4. The summed E-state index contributed by atoms with van der Waals surface area (Å²) < 4.78 is 38.2. The maximum Gasteiger partial charge on any atom is 0.433 e. The predicted molar refractivity (Wildman–Crippen MR) is 44.9 cm³/mol. The lowest BCUT2D eigenvalue weighted by molar-refractivity contribution is -0.142. The van der Waals surface area contributed by atoms with Gasteiger partial charge in [0.1, 0.15) is 0 Å². The normalized spacial score (nSPS) is 11.9. The molecule has 2 rings (SSSR count). The summed E-state index contributed by atoms with van der Waals surface area (Å²) in [6, 6.07) is 1.64. The zero-order chi connectivity index (χ0) is 11.9. The molecular weight excluding hydrogens is 227 g/mol. The van der Waals surface area contributed by atoms with Gasteiger partial charge in [0.25, 0.3) is 0 Å². The molecule has 0 aromatic carbocycles. The smallest absolute Gasteiger partial charge is 0.433 e. The van der Waals surface area contributed by atoms with Crippen LogP contribution in [0.15, 0.2) is 18.3 Å². The van der Waals surface area contributed by atoms with Gasteiger partial charge in [-0.05, 0) is 0 Å². The fourth-order valence-corrected chi connectivity index (χ4v) is 1.22. The predicted octanol–water partition coefficient (Wildman–Crippen LogP) is 1.45. The van der Waals surface area contributed by atoms with Crippen molar-refractivity contribution in [1.82, 2.24) is 14.6 Å². The highest BCUT2D eigenvalue weighted by molar-refractivity contribution is 5.86. The summed E-state index contributed by atoms with van der Waals surface area (Å²) in [5, 5.41) is 12.0. The van der Waals surface area contributed by atoms with E-state index in [0.29, 0.717) is 10.6 Å². The van der Waals surface area contributed by atoms with Gasteiger partial charge in [-0.25, -0.2) is 14.3 Å². The van der Waals surface area contributed by atoms with Crippen molar-refractivity contribution in [1.29, 1.82) is 0 Å². The van der Waals surface area contributed by atoms with Crippen molar-refractivity contribution >= 4 is 11.6 Å². The SMILES string of the molecule is O=C(O)c1cc(C(F)(F)F)n2nccc2n1. The lowest BCUT2D eigenvalue weighted by Gasteiger charge is -2.08. The van der Waals surface area contributed by atoms with Gasteiger partial charge in [0.2, 0.25) is 0 Å². The van der Waals surface area contributed by atoms with Gasteiger partial charge in [-0.1, -0.05) is 0 Å². The van der Waals surface area contributed by atoms with Crippen molar-refractivity contribution in [2.45, 2.75) is 6.18 Å². The molecule has 0 bridgehead atoms. The first kappa shape index (κ1) is 10.4. The van der Waals surface area contributed by atoms with Crippen molar-refractivity contribution in [3.05, 3.63) is 29.7 Å². The molecule has 0 aliphatic carbocycles. The Kier molecular flexibility index (Phi) is 2.07. The molecule has 0 saturated carbocycles. The zero-order valence-corrected chi connectivity index (χ0v) is 7.56. The molecule has 2 aromatic heterocycles. The van der Waals surface area contributed by atoms with Gasteiger partial charge in [0.15, 0.2) is 17.0 Å². The molecule has 0 unspecified atom stereocenters. The van der Waals surface area contributed by atoms with Gasteiger partial charge in [-0.3, -0.25) is 0 Å². The van der Waals surface area contributed by atoms with E-state index in [4.69, 9.17) is 5.11 Å². The van der Waals surface area contributed by atoms with Crippen molar-refractivity contribution in [3.63, 3.8) is 0 Å². The number of carboxylic acids is 1. The number of rotatable bonds is 1. The summed E-state index contributed by atoms with van der Waals surface area (Å²) in [6.07, 6.45) is -3.57. The van der Waals surface area contributed by atoms with Crippen LogP contribution in [0.4, 0.5) is 13.2 Å². The maximum absolute atomic E-state index is 12.6. The van der Waals surface area contributed by atoms with Gasteiger partial charge in [-0.2, -0.15) is 18.3 Å². The molecular formula is C8H4F3N3O2. The van der Waals surface area contributed by atoms with E-state index in [-0.39, 0.29) is 5.65 Å². The molecule has 84 valence electrons. The average Bonchev–Trinajstić information content (AvgIpc) is 2.61. The number of hydrogen-bond donors (Lipinski definition) is 1. The van der Waals surface area contributed by atoms with Crippen LogP contribution in [0.1, 0.15) is 16.2 Å². The third kappa shape index (κ3) is 1.58. The van der Waals surface area contributed by atoms with E-state index in [1.165, 1.54) is 6.07 Å². The molecule has 8 heteroatoms. The standard InChI is InChI=1S/C8H4F3N3O2/c9-8(10,11)5-3-4(7(15)16)13-6-1-2-12-14(5)6/h1-3H,(H,15,16). The first-order chi connectivity index (χ1) is 7.39. The number of carboxylic acid groups (broad SMARTS) is 1. The van der Waals surface area contributed by atoms with E-state index < -0.39 is 23.5 Å². The number of alkyl halides is 3. The molecule has 5 nitrogen and oxygen atoms in total. The van der Waals surface area contributed by atoms with E-state index in [2.05, 4.69) is 10.1 Å². The van der Waals surface area contributed by atoms with Gasteiger partial charge < -0.3 is 5.11 Å². The largest absolute Gasteiger partial charge is 0.477 e. The highest BCUT2D eigenvalue weighted by Crippen LogP contribution is 2.29. The summed E-state index contributed by atoms with van der Waals surface area (Å²) in [5.74, 6) is -1.52. The molecule has 0 atom stereocenters. The highest BCUT2D eigenvalue weighted by Gasteiger charge is 2.35. The van der Waals surface area contributed by atoms with Crippen LogP contribution in [-0.2, 0) is 6.18 Å². The monoisotopic (exact) mass is 231 g/mol. The molecule has 2 heterocycles. The van der Waals surface area contributed by atoms with Gasteiger partial charge >= 0.3 is 12.1 Å². The van der Waals surface area contributed by atoms with Crippen LogP contribution >= 0.6 is 0 Å². The summed E-state index contributed by atoms with van der Waals surface area (Å²) in [6.45, 7) is 0. The summed E-state index contributed by atoms with van der Waals surface area (Å²) in [5.41, 5.74) is -1.99. The van der Waals surface area contributed by atoms with E-state index in [9.17, 15) is 18.0 Å². The lowest BCUT2D eigenvalue weighted by Crippen LogP contribution is -2.15. The minimum absolute atomic E-state index is 0.160. The number of carbonyl (C=O) groups is 1. The second-order valence-electron chi connectivity index (χ2n) is 2.93. The number of aromatic nitrogens is 3. The average molecular weight is 231 g/mol. The van der Waals surface area contributed by atoms with Crippen molar-refractivity contribution in [3.8, 4) is 0 Å². The number of fused-ring (bicyclic) bond motifs is 1. The third-order valence-electron chi connectivity index (χ3n) is 1.87. The lowest BCUT2D eigenvalue weighted by atomic mass is 10.3. The summed E-state index contributed by atoms with van der Waals surface area (Å²) >= 11 is 0. The number of aromatic carboxylic acids is 1. The van der Waals surface area contributed by atoms with E-state index in [1.807, 2.05) is 0 Å². The molecule has 0 radical (unpaired) electrons. The number of hydrogen-bond acceptors (Lipinski definition) is 3. The van der Waals surface area contributed by atoms with Crippen LogP contribution in [0.3, 0.4) is 0 Å². The minimum Gasteiger partial charge on any atom is -0.477 e. The number of halogens is 3. The molecule has 0 fully saturated rings. The Labute approximate surface area is 86.1 Å². The number of nitrogens with zero attached hydrogens (tertiary/aromatic N) is 3. The van der Waals surface area contributed by atoms with E-state index >= 15 is 0 Å². The molecule has 0 saturated heterocycles. The Bertz CT molecular complexity index is 561. The van der Waals surface area contributed by atoms with Crippen LogP contribution in [0.2, 0.25) is 0 Å². The third-order valence-corrected chi connectivity index (χ3v) is 1.87. The first-order valence-corrected chi connectivity index (χ1v) is 4.05. The molecule has 0 aliphatic heterocycles. The van der Waals surface area contributed by atoms with E-state index in [0.717, 1.165) is 6.20 Å². The van der Waals surface area contributed by atoms with Crippen molar-refractivity contribution in [2.24, 2.45) is 0 Å². The van der Waals surface area contributed by atoms with Crippen molar-refractivity contribution < 1.29 is 23.1 Å². The van der Waals surface area contributed by atoms with Crippen LogP contribution in [0, 0.1) is 0 Å². The molecule has 16 heavy (non-hydrogen) atoms. The summed E-state index contributed by atoms with van der Waals surface area (Å²) in [7, 11) is 0. The van der Waals surface area contributed by atoms with Crippen LogP contribution < -0.4 is 0 Å². The second kappa shape index (κ2) is 3.19. The van der Waals surface area contributed by atoms with Crippen molar-refractivity contribution in [2.75, 3.05) is 0 Å². The Morgan fingerprint density at radius 3 is 2.69 bits per heavy atom. The molecule has 0 amide bonds. The van der Waals surface area contributed by atoms with Crippen LogP contribution in [0.25, 0.3) is 5.65 Å². The van der Waals surface area contributed by atoms with Gasteiger partial charge in [-0.15, -0.1) is 0 Å². The van der Waals surface area contributed by atoms with Gasteiger partial charge in [0, 0.05) is 12.1 Å². The topological polar surface area (TPSA) is 67.5 Å². The molecule has 1 N–H and O–H groups in total. The molecule has 0 spiro atoms. The quantitative estimate of drug-likeness (QED) is 0.806. The maximum atomic E-state index is 12.6. The fraction of sp³-hybridized carbons (Fsp3) is 0.125.